The molecule has 0 fully saturated rings. The molecule has 1 aliphatic rings. The van der Waals surface area contributed by atoms with Gasteiger partial charge in [0, 0.05) is 12.7 Å². The predicted molar refractivity (Wildman–Crippen MR) is 84.5 cm³/mol. The van der Waals surface area contributed by atoms with E-state index in [1.807, 2.05) is 13.0 Å². The maximum absolute atomic E-state index is 5.84. The molecule has 3 heteroatoms. The molecule has 3 rings (SSSR count). The van der Waals surface area contributed by atoms with Crippen LogP contribution >= 0.6 is 0 Å². The van der Waals surface area contributed by atoms with Gasteiger partial charge >= 0.3 is 0 Å². The van der Waals surface area contributed by atoms with Crippen LogP contribution in [0, 0.1) is 6.92 Å². The first-order valence-electron chi connectivity index (χ1n) is 7.23. The van der Waals surface area contributed by atoms with Crippen LogP contribution in [0.1, 0.15) is 29.5 Å². The van der Waals surface area contributed by atoms with E-state index in [9.17, 15) is 0 Å². The summed E-state index contributed by atoms with van der Waals surface area (Å²) in [6, 6.07) is 8.80. The molecule has 0 aliphatic heterocycles. The Bertz CT molecular complexity index is 634. The van der Waals surface area contributed by atoms with Crippen LogP contribution < -0.4 is 10.6 Å². The van der Waals surface area contributed by atoms with Crippen molar-refractivity contribution in [3.63, 3.8) is 0 Å². The number of nitrogens with two attached hydrogens (primary N) is 1. The van der Waals surface area contributed by atoms with Crippen LogP contribution in [0.5, 0.6) is 0 Å². The number of hydrogen-bond donors (Lipinski definition) is 1. The lowest BCUT2D eigenvalue weighted by Gasteiger charge is -2.22. The van der Waals surface area contributed by atoms with Gasteiger partial charge in [-0.25, -0.2) is 4.98 Å². The Kier molecular flexibility index (Phi) is 3.35. The highest BCUT2D eigenvalue weighted by Gasteiger charge is 2.12. The zero-order valence-corrected chi connectivity index (χ0v) is 12.2. The van der Waals surface area contributed by atoms with Gasteiger partial charge in [-0.15, -0.1) is 0 Å². The first kappa shape index (κ1) is 13.0. The average Bonchev–Trinajstić information content (AvgIpc) is 2.49. The Morgan fingerprint density at radius 1 is 1.10 bits per heavy atom. The fraction of sp³-hybridized carbons (Fsp3) is 0.353. The van der Waals surface area contributed by atoms with E-state index in [0.717, 1.165) is 17.1 Å². The van der Waals surface area contributed by atoms with E-state index in [0.29, 0.717) is 0 Å². The summed E-state index contributed by atoms with van der Waals surface area (Å²) in [5, 5.41) is 0. The molecule has 1 aromatic heterocycles. The second-order valence-corrected chi connectivity index (χ2v) is 5.62. The van der Waals surface area contributed by atoms with Crippen molar-refractivity contribution in [1.29, 1.82) is 0 Å². The highest BCUT2D eigenvalue weighted by molar-refractivity contribution is 5.63. The SMILES string of the molecule is Cc1cc(N(C)c2ccc3c(c2)CCCC3)ncc1N. The van der Waals surface area contributed by atoms with E-state index in [2.05, 4.69) is 35.1 Å². The number of aryl methyl sites for hydroxylation is 3. The standard InChI is InChI=1S/C17H21N3/c1-12-9-17(19-11-16(12)18)20(2)15-8-7-13-5-3-4-6-14(13)10-15/h7-11H,3-6,18H2,1-2H3. The van der Waals surface area contributed by atoms with Gasteiger partial charge in [-0.2, -0.15) is 0 Å². The zero-order chi connectivity index (χ0) is 14.1. The highest BCUT2D eigenvalue weighted by Crippen LogP contribution is 2.29. The molecule has 0 radical (unpaired) electrons. The Hall–Kier alpha value is -2.03. The van der Waals surface area contributed by atoms with Crippen molar-refractivity contribution in [2.45, 2.75) is 32.6 Å². The Morgan fingerprint density at radius 2 is 1.85 bits per heavy atom. The van der Waals surface area contributed by atoms with E-state index < -0.39 is 0 Å². The third-order valence-electron chi connectivity index (χ3n) is 4.20. The monoisotopic (exact) mass is 267 g/mol. The van der Waals surface area contributed by atoms with Crippen molar-refractivity contribution in [3.8, 4) is 0 Å². The smallest absolute Gasteiger partial charge is 0.133 e. The maximum atomic E-state index is 5.84. The summed E-state index contributed by atoms with van der Waals surface area (Å²) in [5.41, 5.74) is 11.8. The van der Waals surface area contributed by atoms with Gasteiger partial charge in [-0.3, -0.25) is 0 Å². The van der Waals surface area contributed by atoms with Crippen LogP contribution in [0.2, 0.25) is 0 Å². The van der Waals surface area contributed by atoms with Gasteiger partial charge in [-0.1, -0.05) is 6.07 Å². The summed E-state index contributed by atoms with van der Waals surface area (Å²) in [4.78, 5) is 6.55. The lowest BCUT2D eigenvalue weighted by molar-refractivity contribution is 0.685. The fourth-order valence-corrected chi connectivity index (χ4v) is 2.80. The first-order valence-corrected chi connectivity index (χ1v) is 7.23. The molecule has 0 bridgehead atoms. The maximum Gasteiger partial charge on any atom is 0.133 e. The Labute approximate surface area is 120 Å². The third-order valence-corrected chi connectivity index (χ3v) is 4.20. The molecule has 1 aliphatic carbocycles. The minimum Gasteiger partial charge on any atom is -0.397 e. The third kappa shape index (κ3) is 2.36. The predicted octanol–water partition coefficient (Wildman–Crippen LogP) is 3.62. The molecule has 0 saturated heterocycles. The van der Waals surface area contributed by atoms with E-state index in [-0.39, 0.29) is 0 Å². The fourth-order valence-electron chi connectivity index (χ4n) is 2.80. The molecule has 0 amide bonds. The molecule has 20 heavy (non-hydrogen) atoms. The van der Waals surface area contributed by atoms with Gasteiger partial charge in [0.15, 0.2) is 0 Å². The number of nitrogen functional groups attached to an aromatic ring is 1. The van der Waals surface area contributed by atoms with Crippen molar-refractivity contribution < 1.29 is 0 Å². The van der Waals surface area contributed by atoms with Crippen LogP contribution in [0.3, 0.4) is 0 Å². The number of hydrogen-bond acceptors (Lipinski definition) is 3. The van der Waals surface area contributed by atoms with Gasteiger partial charge in [0.2, 0.25) is 0 Å². The molecule has 3 nitrogen and oxygen atoms in total. The molecule has 2 N–H and O–H groups in total. The molecule has 0 saturated carbocycles. The quantitative estimate of drug-likeness (QED) is 0.903. The van der Waals surface area contributed by atoms with Crippen molar-refractivity contribution in [3.05, 3.63) is 47.2 Å². The zero-order valence-electron chi connectivity index (χ0n) is 12.2. The molecular weight excluding hydrogens is 246 g/mol. The molecule has 1 heterocycles. The molecular formula is C17H21N3. The van der Waals surface area contributed by atoms with Gasteiger partial charge in [0.25, 0.3) is 0 Å². The second-order valence-electron chi connectivity index (χ2n) is 5.62. The van der Waals surface area contributed by atoms with E-state index >= 15 is 0 Å². The number of anilines is 3. The number of aromatic nitrogens is 1. The van der Waals surface area contributed by atoms with Crippen LogP contribution in [0.25, 0.3) is 0 Å². The second kappa shape index (κ2) is 5.16. The van der Waals surface area contributed by atoms with Gasteiger partial charge in [0.1, 0.15) is 5.82 Å². The van der Waals surface area contributed by atoms with E-state index in [1.54, 1.807) is 6.20 Å². The van der Waals surface area contributed by atoms with Gasteiger partial charge in [0.05, 0.1) is 11.9 Å². The largest absolute Gasteiger partial charge is 0.397 e. The highest BCUT2D eigenvalue weighted by atomic mass is 15.2. The normalized spacial score (nSPS) is 13.9. The minimum atomic E-state index is 0.743. The van der Waals surface area contributed by atoms with Crippen LogP contribution in [0.4, 0.5) is 17.2 Å². The number of fused-ring (bicyclic) bond motifs is 1. The van der Waals surface area contributed by atoms with Gasteiger partial charge in [-0.05, 0) is 67.5 Å². The van der Waals surface area contributed by atoms with Gasteiger partial charge < -0.3 is 10.6 Å². The summed E-state index contributed by atoms with van der Waals surface area (Å²) in [6.07, 6.45) is 6.78. The summed E-state index contributed by atoms with van der Waals surface area (Å²) < 4.78 is 0. The average molecular weight is 267 g/mol. The van der Waals surface area contributed by atoms with E-state index in [4.69, 9.17) is 5.73 Å². The Balaban J connectivity index is 1.93. The number of nitrogens with zero attached hydrogens (tertiary/aromatic N) is 2. The van der Waals surface area contributed by atoms with E-state index in [1.165, 1.54) is 42.5 Å². The Morgan fingerprint density at radius 3 is 2.60 bits per heavy atom. The lowest BCUT2D eigenvalue weighted by atomic mass is 9.91. The summed E-state index contributed by atoms with van der Waals surface area (Å²) in [6.45, 7) is 2.02. The molecule has 0 spiro atoms. The minimum absolute atomic E-state index is 0.743. The summed E-state index contributed by atoms with van der Waals surface area (Å²) >= 11 is 0. The molecule has 0 unspecified atom stereocenters. The number of pyridine rings is 1. The van der Waals surface area contributed by atoms with Crippen molar-refractivity contribution >= 4 is 17.2 Å². The van der Waals surface area contributed by atoms with Crippen molar-refractivity contribution in [2.75, 3.05) is 17.7 Å². The first-order chi connectivity index (χ1) is 9.65. The molecule has 104 valence electrons. The molecule has 1 aromatic carbocycles. The topological polar surface area (TPSA) is 42.2 Å². The lowest BCUT2D eigenvalue weighted by Crippen LogP contribution is -2.13. The van der Waals surface area contributed by atoms with Crippen LogP contribution in [-0.2, 0) is 12.8 Å². The molecule has 2 aromatic rings. The summed E-state index contributed by atoms with van der Waals surface area (Å²) in [7, 11) is 2.06. The van der Waals surface area contributed by atoms with Crippen LogP contribution in [-0.4, -0.2) is 12.0 Å². The molecule has 0 atom stereocenters. The number of benzene rings is 1. The van der Waals surface area contributed by atoms with Crippen molar-refractivity contribution in [1.82, 2.24) is 4.98 Å². The van der Waals surface area contributed by atoms with Crippen LogP contribution in [0.15, 0.2) is 30.5 Å². The van der Waals surface area contributed by atoms with Crippen molar-refractivity contribution in [2.24, 2.45) is 0 Å². The summed E-state index contributed by atoms with van der Waals surface area (Å²) in [5.74, 6) is 0.937. The number of rotatable bonds is 2.